The molecule has 5 aromatic carbocycles. The molecular formula is C54H58Cl2N6O17. The Morgan fingerprint density at radius 3 is 1.25 bits per heavy atom. The highest BCUT2D eigenvalue weighted by atomic mass is 35.5. The SMILES string of the molecule is CC(=O)CC(NC(=O)C(NC(=O)C(C)CC(C)C)C(O)c1ccc(O)c(Cl)c1)C(=O)NC(C(=O)NC(C(=O)NC(C(=O)NC(C(=O)O)c1cc(O)cc(O)c1)C(O)c1ccc(O)c(Cl)c1)c1ccc(O)cc1)c1ccc(O)cc1. The summed E-state index contributed by atoms with van der Waals surface area (Å²) in [5.74, 6) is -12.7. The van der Waals surface area contributed by atoms with Crippen LogP contribution in [-0.2, 0) is 38.4 Å². The van der Waals surface area contributed by atoms with E-state index in [1.807, 2.05) is 13.8 Å². The fraction of sp³-hybridized carbons (Fsp3) is 0.296. The number of hydrogen-bond acceptors (Lipinski definition) is 16. The number of rotatable bonds is 24. The Morgan fingerprint density at radius 2 is 0.835 bits per heavy atom. The van der Waals surface area contributed by atoms with Gasteiger partial charge in [-0.1, -0.05) is 80.4 Å². The van der Waals surface area contributed by atoms with Gasteiger partial charge in [0.2, 0.25) is 35.4 Å². The third-order valence-corrected chi connectivity index (χ3v) is 12.8. The summed E-state index contributed by atoms with van der Waals surface area (Å²) >= 11 is 12.2. The van der Waals surface area contributed by atoms with Gasteiger partial charge in [-0.3, -0.25) is 33.6 Å². The van der Waals surface area contributed by atoms with Crippen LogP contribution in [0.1, 0.15) is 98.7 Å². The summed E-state index contributed by atoms with van der Waals surface area (Å²) in [4.78, 5) is 111. The number of ketones is 1. The first-order valence-electron chi connectivity index (χ1n) is 24.1. The van der Waals surface area contributed by atoms with Crippen LogP contribution in [0.4, 0.5) is 0 Å². The Bertz CT molecular complexity index is 3050. The zero-order chi connectivity index (χ0) is 58.6. The summed E-state index contributed by atoms with van der Waals surface area (Å²) in [5.41, 5.74) is -0.826. The van der Waals surface area contributed by atoms with E-state index in [1.54, 1.807) is 6.92 Å². The van der Waals surface area contributed by atoms with Gasteiger partial charge in [-0.15, -0.1) is 0 Å². The van der Waals surface area contributed by atoms with Crippen LogP contribution in [-0.4, -0.2) is 111 Å². The second-order valence-corrected chi connectivity index (χ2v) is 19.7. The standard InChI is InChI=1S/C54H58Cl2N6O17/c1-24(2)17-25(3)48(72)61-44(46(70)29-9-15-39(68)36(55)21-29)52(76)57-38(18-26(4)63)49(73)58-41(27-5-11-32(64)12-6-27)50(74)59-42(28-7-13-33(65)14-8-28)51(75)62-45(47(71)30-10-16-40(69)37(56)22-30)53(77)60-43(54(78)79)31-19-34(66)23-35(67)20-31/h5-16,19-25,38,41-47,64-71H,17-18H2,1-4H3,(H,57,76)(H,58,73)(H,59,74)(H,60,77)(H,61,72)(H,62,75)(H,78,79). The number of aliphatic hydroxyl groups excluding tert-OH is 2. The molecule has 0 bridgehead atoms. The molecule has 23 nitrogen and oxygen atoms in total. The molecule has 15 N–H and O–H groups in total. The number of nitrogens with one attached hydrogen (secondary N) is 6. The number of benzene rings is 5. The van der Waals surface area contributed by atoms with Gasteiger partial charge in [0, 0.05) is 18.4 Å². The Hall–Kier alpha value is -8.64. The summed E-state index contributed by atoms with van der Waals surface area (Å²) in [7, 11) is 0. The van der Waals surface area contributed by atoms with E-state index in [9.17, 15) is 84.3 Å². The van der Waals surface area contributed by atoms with Crippen molar-refractivity contribution in [2.75, 3.05) is 0 Å². The predicted molar refractivity (Wildman–Crippen MR) is 282 cm³/mol. The minimum absolute atomic E-state index is 0.0313. The Morgan fingerprint density at radius 1 is 0.443 bits per heavy atom. The summed E-state index contributed by atoms with van der Waals surface area (Å²) in [6.07, 6.45) is -4.37. The number of aliphatic carboxylic acids is 1. The lowest BCUT2D eigenvalue weighted by molar-refractivity contribution is -0.143. The van der Waals surface area contributed by atoms with Crippen LogP contribution < -0.4 is 31.9 Å². The molecule has 0 radical (unpaired) electrons. The molecule has 6 amide bonds. The first-order chi connectivity index (χ1) is 37.1. The van der Waals surface area contributed by atoms with Gasteiger partial charge in [0.25, 0.3) is 0 Å². The number of amides is 6. The van der Waals surface area contributed by atoms with Gasteiger partial charge < -0.3 is 77.9 Å². The van der Waals surface area contributed by atoms with Crippen LogP contribution in [0.2, 0.25) is 10.0 Å². The summed E-state index contributed by atoms with van der Waals surface area (Å²) in [6, 6.07) is 6.77. The smallest absolute Gasteiger partial charge is 0.330 e. The largest absolute Gasteiger partial charge is 0.508 e. The first kappa shape index (κ1) is 61.2. The average molecular weight is 1130 g/mol. The van der Waals surface area contributed by atoms with Gasteiger partial charge in [-0.05, 0) is 108 Å². The molecular weight excluding hydrogens is 1080 g/mol. The maximum Gasteiger partial charge on any atom is 0.330 e. The van der Waals surface area contributed by atoms with Crippen molar-refractivity contribution in [2.24, 2.45) is 11.8 Å². The monoisotopic (exact) mass is 1130 g/mol. The minimum Gasteiger partial charge on any atom is -0.508 e. The van der Waals surface area contributed by atoms with Crippen molar-refractivity contribution in [3.8, 4) is 34.5 Å². The molecule has 79 heavy (non-hydrogen) atoms. The highest BCUT2D eigenvalue weighted by Gasteiger charge is 2.39. The van der Waals surface area contributed by atoms with Gasteiger partial charge in [0.05, 0.1) is 10.0 Å². The van der Waals surface area contributed by atoms with Crippen LogP contribution in [0.5, 0.6) is 34.5 Å². The summed E-state index contributed by atoms with van der Waals surface area (Å²) < 4.78 is 0. The third kappa shape index (κ3) is 16.7. The van der Waals surface area contributed by atoms with Crippen LogP contribution in [0, 0.1) is 11.8 Å². The number of aromatic hydroxyl groups is 6. The van der Waals surface area contributed by atoms with Crippen LogP contribution in [0.25, 0.3) is 0 Å². The second-order valence-electron chi connectivity index (χ2n) is 18.9. The van der Waals surface area contributed by atoms with Crippen LogP contribution in [0.15, 0.2) is 103 Å². The molecule has 0 aromatic heterocycles. The van der Waals surface area contributed by atoms with Gasteiger partial charge in [-0.2, -0.15) is 0 Å². The summed E-state index contributed by atoms with van der Waals surface area (Å²) in [5, 5.41) is 108. The number of carboxylic acid groups (broad SMARTS) is 1. The number of carbonyl (C=O) groups excluding carboxylic acids is 7. The molecule has 0 saturated heterocycles. The molecule has 0 heterocycles. The number of Topliss-reactive ketones (excluding diaryl/α,β-unsaturated/α-hetero) is 1. The second kappa shape index (κ2) is 27.1. The fourth-order valence-corrected chi connectivity index (χ4v) is 8.56. The normalized spacial score (nSPS) is 14.6. The fourth-order valence-electron chi connectivity index (χ4n) is 8.19. The van der Waals surface area contributed by atoms with Gasteiger partial charge in [0.15, 0.2) is 6.04 Å². The molecule has 9 atom stereocenters. The van der Waals surface area contributed by atoms with Crippen LogP contribution in [0.3, 0.4) is 0 Å². The molecule has 25 heteroatoms. The topological polar surface area (TPSA) is 391 Å². The quantitative estimate of drug-likeness (QED) is 0.0418. The average Bonchev–Trinajstić information content (AvgIpc) is 3.39. The maximum atomic E-state index is 14.8. The zero-order valence-electron chi connectivity index (χ0n) is 42.5. The van der Waals surface area contributed by atoms with E-state index in [0.29, 0.717) is 6.42 Å². The molecule has 5 aromatic rings. The number of aliphatic hydroxyl groups is 2. The molecule has 0 saturated carbocycles. The van der Waals surface area contributed by atoms with Crippen molar-refractivity contribution in [1.29, 1.82) is 0 Å². The van der Waals surface area contributed by atoms with E-state index >= 15 is 0 Å². The lowest BCUT2D eigenvalue weighted by Crippen LogP contribution is -2.57. The van der Waals surface area contributed by atoms with Crippen molar-refractivity contribution >= 4 is 70.4 Å². The maximum absolute atomic E-state index is 14.8. The number of carbonyl (C=O) groups is 8. The molecule has 0 aliphatic heterocycles. The van der Waals surface area contributed by atoms with Gasteiger partial charge in [-0.25, -0.2) is 4.79 Å². The minimum atomic E-state index is -2.21. The van der Waals surface area contributed by atoms with E-state index in [2.05, 4.69) is 31.9 Å². The Balaban J connectivity index is 1.53. The highest BCUT2D eigenvalue weighted by molar-refractivity contribution is 6.32. The van der Waals surface area contributed by atoms with E-state index in [4.69, 9.17) is 23.2 Å². The van der Waals surface area contributed by atoms with E-state index in [-0.39, 0.29) is 61.0 Å². The zero-order valence-corrected chi connectivity index (χ0v) is 44.1. The molecule has 0 aliphatic rings. The number of phenolic OH excluding ortho intramolecular Hbond substituents is 6. The number of hydrogen-bond donors (Lipinski definition) is 15. The van der Waals surface area contributed by atoms with Crippen molar-refractivity contribution in [3.63, 3.8) is 0 Å². The Kier molecular flexibility index (Phi) is 21.0. The number of halogens is 2. The van der Waals surface area contributed by atoms with Crippen LogP contribution >= 0.6 is 23.2 Å². The van der Waals surface area contributed by atoms with Gasteiger partial charge in [0.1, 0.15) is 82.7 Å². The number of phenols is 6. The van der Waals surface area contributed by atoms with Gasteiger partial charge >= 0.3 is 5.97 Å². The lowest BCUT2D eigenvalue weighted by Gasteiger charge is -2.30. The van der Waals surface area contributed by atoms with Crippen molar-refractivity contribution < 1.29 is 84.3 Å². The number of carboxylic acids is 1. The molecule has 5 rings (SSSR count). The van der Waals surface area contributed by atoms with E-state index in [0.717, 1.165) is 79.7 Å². The first-order valence-corrected chi connectivity index (χ1v) is 24.9. The van der Waals surface area contributed by atoms with Crippen molar-refractivity contribution in [1.82, 2.24) is 31.9 Å². The Labute approximate surface area is 461 Å². The molecule has 420 valence electrons. The predicted octanol–water partition coefficient (Wildman–Crippen LogP) is 3.77. The molecule has 9 unspecified atom stereocenters. The third-order valence-electron chi connectivity index (χ3n) is 12.2. The highest BCUT2D eigenvalue weighted by Crippen LogP contribution is 2.32. The molecule has 0 aliphatic carbocycles. The summed E-state index contributed by atoms with van der Waals surface area (Å²) in [6.45, 7) is 6.38. The lowest BCUT2D eigenvalue weighted by atomic mass is 9.96. The van der Waals surface area contributed by atoms with E-state index < -0.39 is 125 Å². The molecule has 0 fully saturated rings. The molecule has 0 spiro atoms. The van der Waals surface area contributed by atoms with Crippen molar-refractivity contribution in [2.45, 2.75) is 89.0 Å². The van der Waals surface area contributed by atoms with E-state index in [1.165, 1.54) is 30.3 Å². The van der Waals surface area contributed by atoms with Crippen molar-refractivity contribution in [3.05, 3.63) is 141 Å².